The Morgan fingerprint density at radius 2 is 0.882 bits per heavy atom. The Labute approximate surface area is 315 Å². The van der Waals surface area contributed by atoms with Gasteiger partial charge in [-0.15, -0.1) is 35.4 Å². The molecule has 4 nitrogen and oxygen atoms in total. The smallest absolute Gasteiger partial charge is 0.377 e. The van der Waals surface area contributed by atoms with Crippen LogP contribution in [0, 0.1) is 76.9 Å². The Hall–Kier alpha value is -3.95. The van der Waals surface area contributed by atoms with Crippen LogP contribution in [0.4, 0.5) is 17.6 Å². The van der Waals surface area contributed by atoms with Gasteiger partial charge in [-0.05, 0) is 76.2 Å². The van der Waals surface area contributed by atoms with E-state index in [4.69, 9.17) is 9.47 Å². The van der Waals surface area contributed by atoms with E-state index in [1.807, 2.05) is 114 Å². The molecule has 0 saturated carbocycles. The van der Waals surface area contributed by atoms with E-state index in [9.17, 15) is 17.6 Å². The summed E-state index contributed by atoms with van der Waals surface area (Å²) in [6, 6.07) is 31.2. The average molecular weight is 735 g/mol. The van der Waals surface area contributed by atoms with Crippen molar-refractivity contribution in [2.45, 2.75) is 68.6 Å². The maximum Gasteiger partial charge on any atom is 4.00 e. The van der Waals surface area contributed by atoms with Crippen molar-refractivity contribution in [3.05, 3.63) is 165 Å². The Morgan fingerprint density at radius 3 is 1.16 bits per heavy atom. The maximum absolute atomic E-state index is 14.0. The van der Waals surface area contributed by atoms with Crippen LogP contribution >= 0.6 is 0 Å². The standard InChI is InChI=1S/2C16H18F2NO.2C5H5.Ti/c2*1-5-20-9-13-7-11(3)19(12(13)4)16-6-10(2)14(17)8-15(16)18;2*1-2-4-5-3-1;/h2*6-7H,5,9H2,1-4H3;2*1-5H;/q4*-1;+4. The molecule has 0 aliphatic carbocycles. The first kappa shape index (κ1) is 43.2. The van der Waals surface area contributed by atoms with Crippen molar-refractivity contribution in [2.24, 2.45) is 0 Å². The number of aryl methyl sites for hydroxylation is 4. The van der Waals surface area contributed by atoms with Crippen molar-refractivity contribution in [3.8, 4) is 11.4 Å². The molecular formula is C42H46F4N2O2Ti. The molecule has 268 valence electrons. The summed E-state index contributed by atoms with van der Waals surface area (Å²) < 4.78 is 69.0. The third-order valence-corrected chi connectivity index (χ3v) is 7.88. The van der Waals surface area contributed by atoms with E-state index in [1.54, 1.807) is 23.0 Å². The zero-order chi connectivity index (χ0) is 36.8. The summed E-state index contributed by atoms with van der Waals surface area (Å²) >= 11 is 0. The minimum Gasteiger partial charge on any atom is -0.377 e. The summed E-state index contributed by atoms with van der Waals surface area (Å²) in [5, 5.41) is 0. The fraction of sp³-hybridized carbons (Fsp3) is 0.286. The first-order valence-corrected chi connectivity index (χ1v) is 16.5. The monoisotopic (exact) mass is 734 g/mol. The van der Waals surface area contributed by atoms with Crippen molar-refractivity contribution < 1.29 is 48.8 Å². The summed E-state index contributed by atoms with van der Waals surface area (Å²) in [6.45, 7) is 16.9. The Morgan fingerprint density at radius 1 is 0.549 bits per heavy atom. The normalized spacial score (nSPS) is 10.3. The number of benzene rings is 2. The molecule has 0 N–H and O–H groups in total. The molecule has 4 aromatic carbocycles. The van der Waals surface area contributed by atoms with Gasteiger partial charge < -0.3 is 18.6 Å². The van der Waals surface area contributed by atoms with Crippen LogP contribution in [0.5, 0.6) is 0 Å². The van der Waals surface area contributed by atoms with Crippen LogP contribution in [0.3, 0.4) is 0 Å². The Bertz CT molecular complexity index is 1720. The number of hydrogen-bond donors (Lipinski definition) is 0. The van der Waals surface area contributed by atoms with Crippen LogP contribution in [0.2, 0.25) is 0 Å². The van der Waals surface area contributed by atoms with E-state index in [0.717, 1.165) is 33.9 Å². The summed E-state index contributed by atoms with van der Waals surface area (Å²) in [7, 11) is 0. The largest absolute Gasteiger partial charge is 4.00 e. The molecule has 9 heteroatoms. The second-order valence-corrected chi connectivity index (χ2v) is 11.6. The number of rotatable bonds is 8. The summed E-state index contributed by atoms with van der Waals surface area (Å²) in [5.41, 5.74) is 6.97. The summed E-state index contributed by atoms with van der Waals surface area (Å²) in [4.78, 5) is 0. The Kier molecular flexibility index (Phi) is 18.2. The van der Waals surface area contributed by atoms with E-state index in [1.165, 1.54) is 12.1 Å². The first-order chi connectivity index (χ1) is 23.9. The topological polar surface area (TPSA) is 28.3 Å². The molecule has 0 spiro atoms. The molecule has 0 radical (unpaired) electrons. The average Bonchev–Trinajstić information content (AvgIpc) is 3.92. The molecule has 6 rings (SSSR count). The molecule has 0 bridgehead atoms. The number of aromatic nitrogens is 2. The quantitative estimate of drug-likeness (QED) is 0.0885. The number of nitrogens with zero attached hydrogens (tertiary/aromatic N) is 2. The van der Waals surface area contributed by atoms with Gasteiger partial charge in [0.25, 0.3) is 0 Å². The third kappa shape index (κ3) is 12.1. The van der Waals surface area contributed by atoms with Crippen LogP contribution in [0.15, 0.2) is 84.9 Å². The van der Waals surface area contributed by atoms with E-state index >= 15 is 0 Å². The molecule has 2 aromatic heterocycles. The number of halogens is 4. The van der Waals surface area contributed by atoms with E-state index in [-0.39, 0.29) is 21.7 Å². The SMILES string of the molecule is CCOCc1cc(C)n(-c2cc(C)c(F)[c-]c2F)c1C.CCOCc1cc(C)n(-c2cc(C)c(F)[c-]c2F)c1C.[Ti+4].c1cc[cH-]c1.c1cc[cH-]c1. The van der Waals surface area contributed by atoms with Gasteiger partial charge in [-0.1, -0.05) is 13.8 Å². The summed E-state index contributed by atoms with van der Waals surface area (Å²) in [6.07, 6.45) is 0. The molecule has 0 unspecified atom stereocenters. The zero-order valence-corrected chi connectivity index (χ0v) is 32.2. The van der Waals surface area contributed by atoms with Crippen molar-refractivity contribution >= 4 is 0 Å². The predicted octanol–water partition coefficient (Wildman–Crippen LogP) is 10.8. The molecule has 2 heterocycles. The fourth-order valence-corrected chi connectivity index (χ4v) is 5.26. The second-order valence-electron chi connectivity index (χ2n) is 11.6. The first-order valence-electron chi connectivity index (χ1n) is 16.5. The second kappa shape index (κ2) is 21.4. The fourth-order valence-electron chi connectivity index (χ4n) is 5.26. The van der Waals surface area contributed by atoms with Gasteiger partial charge in [0.05, 0.1) is 13.2 Å². The Balaban J connectivity index is 0.000000273. The van der Waals surface area contributed by atoms with Gasteiger partial charge >= 0.3 is 21.7 Å². The van der Waals surface area contributed by atoms with Gasteiger partial charge in [0.15, 0.2) is 0 Å². The maximum atomic E-state index is 14.0. The van der Waals surface area contributed by atoms with Gasteiger partial charge in [0.2, 0.25) is 0 Å². The van der Waals surface area contributed by atoms with E-state index in [2.05, 4.69) is 12.1 Å². The minimum absolute atomic E-state index is 0. The third-order valence-electron chi connectivity index (χ3n) is 7.88. The molecule has 0 aliphatic rings. The molecule has 0 atom stereocenters. The molecule has 6 aromatic rings. The molecule has 0 saturated heterocycles. The molecule has 0 amide bonds. The van der Waals surface area contributed by atoms with E-state index < -0.39 is 23.3 Å². The van der Waals surface area contributed by atoms with Crippen molar-refractivity contribution in [2.75, 3.05) is 13.2 Å². The van der Waals surface area contributed by atoms with E-state index in [0.29, 0.717) is 48.9 Å². The van der Waals surface area contributed by atoms with Gasteiger partial charge in [0, 0.05) is 59.3 Å². The van der Waals surface area contributed by atoms with Crippen LogP contribution in [0.1, 0.15) is 58.9 Å². The van der Waals surface area contributed by atoms with Crippen molar-refractivity contribution in [3.63, 3.8) is 0 Å². The van der Waals surface area contributed by atoms with Gasteiger partial charge in [-0.3, -0.25) is 0 Å². The van der Waals surface area contributed by atoms with Crippen LogP contribution in [0.25, 0.3) is 11.4 Å². The number of hydrogen-bond acceptors (Lipinski definition) is 2. The molecule has 51 heavy (non-hydrogen) atoms. The van der Waals surface area contributed by atoms with Gasteiger partial charge in [-0.2, -0.15) is 36.4 Å². The van der Waals surface area contributed by atoms with Gasteiger partial charge in [0.1, 0.15) is 0 Å². The van der Waals surface area contributed by atoms with Crippen molar-refractivity contribution in [1.82, 2.24) is 9.13 Å². The zero-order valence-electron chi connectivity index (χ0n) is 30.6. The number of ether oxygens (including phenoxy) is 2. The molecule has 0 fully saturated rings. The summed E-state index contributed by atoms with van der Waals surface area (Å²) in [5.74, 6) is -2.66. The predicted molar refractivity (Wildman–Crippen MR) is 192 cm³/mol. The minimum atomic E-state index is -0.683. The van der Waals surface area contributed by atoms with Crippen LogP contribution < -0.4 is 0 Å². The molecular weight excluding hydrogens is 688 g/mol. The molecule has 0 aliphatic heterocycles. The van der Waals surface area contributed by atoms with Gasteiger partial charge in [-0.25, -0.2) is 41.8 Å². The van der Waals surface area contributed by atoms with Crippen LogP contribution in [-0.4, -0.2) is 22.3 Å². The van der Waals surface area contributed by atoms with Crippen LogP contribution in [-0.2, 0) is 44.4 Å². The van der Waals surface area contributed by atoms with Crippen molar-refractivity contribution in [1.29, 1.82) is 0 Å².